The monoisotopic (exact) mass is 272 g/mol. The lowest BCUT2D eigenvalue weighted by Crippen LogP contribution is -2.48. The van der Waals surface area contributed by atoms with E-state index in [1.54, 1.807) is 16.6 Å². The predicted molar refractivity (Wildman–Crippen MR) is 69.7 cm³/mol. The lowest BCUT2D eigenvalue weighted by Gasteiger charge is -2.33. The van der Waals surface area contributed by atoms with E-state index in [0.717, 1.165) is 26.1 Å². The molecule has 2 heterocycles. The molecule has 0 aromatic carbocycles. The molecule has 1 fully saturated rings. The molecule has 0 atom stereocenters. The number of rotatable bonds is 5. The van der Waals surface area contributed by atoms with E-state index in [1.807, 2.05) is 0 Å². The summed E-state index contributed by atoms with van der Waals surface area (Å²) in [7, 11) is -3.31. The van der Waals surface area contributed by atoms with Gasteiger partial charge in [-0.05, 0) is 25.6 Å². The lowest BCUT2D eigenvalue weighted by molar-refractivity contribution is 0.187. The zero-order valence-electron chi connectivity index (χ0n) is 10.4. The third-order valence-electron chi connectivity index (χ3n) is 3.22. The van der Waals surface area contributed by atoms with E-state index in [-0.39, 0.29) is 0 Å². The highest BCUT2D eigenvalue weighted by atomic mass is 32.2. The number of aromatic nitrogens is 1. The Hall–Kier alpha value is -0.890. The number of hydrogen-bond acceptors (Lipinski definition) is 4. The van der Waals surface area contributed by atoms with Gasteiger partial charge in [0.25, 0.3) is 0 Å². The van der Waals surface area contributed by atoms with Crippen LogP contribution in [0.2, 0.25) is 0 Å². The van der Waals surface area contributed by atoms with E-state index in [1.165, 1.54) is 6.20 Å². The molecule has 102 valence electrons. The molecule has 0 amide bonds. The summed E-state index contributed by atoms with van der Waals surface area (Å²) < 4.78 is 26.0. The highest BCUT2D eigenvalue weighted by Gasteiger charge is 2.28. The van der Waals surface area contributed by atoms with Crippen LogP contribution in [0.5, 0.6) is 0 Å². The van der Waals surface area contributed by atoms with Gasteiger partial charge in [0.2, 0.25) is 10.0 Å². The molecule has 0 radical (unpaired) electrons. The SMILES string of the molecule is NCCCN1CCN(S(=O)(=O)c2cc[nH]c2)CC1. The molecule has 7 heteroatoms. The fourth-order valence-corrected chi connectivity index (χ4v) is 3.53. The molecule has 0 bridgehead atoms. The first-order valence-corrected chi connectivity index (χ1v) is 7.64. The van der Waals surface area contributed by atoms with Crippen LogP contribution in [0.1, 0.15) is 6.42 Å². The van der Waals surface area contributed by atoms with Crippen molar-refractivity contribution in [1.82, 2.24) is 14.2 Å². The predicted octanol–water partition coefficient (Wildman–Crippen LogP) is -0.330. The number of piperazine rings is 1. The summed E-state index contributed by atoms with van der Waals surface area (Å²) in [4.78, 5) is 5.39. The van der Waals surface area contributed by atoms with Gasteiger partial charge in [-0.25, -0.2) is 8.42 Å². The van der Waals surface area contributed by atoms with Gasteiger partial charge in [-0.1, -0.05) is 0 Å². The Balaban J connectivity index is 1.94. The second-order valence-corrected chi connectivity index (χ2v) is 6.37. The minimum absolute atomic E-state index is 0.345. The molecular formula is C11H20N4O2S. The number of nitrogens with zero attached hydrogens (tertiary/aromatic N) is 2. The van der Waals surface area contributed by atoms with Crippen molar-refractivity contribution in [2.45, 2.75) is 11.3 Å². The minimum atomic E-state index is -3.31. The van der Waals surface area contributed by atoms with Crippen LogP contribution in [0.3, 0.4) is 0 Å². The molecule has 6 nitrogen and oxygen atoms in total. The van der Waals surface area contributed by atoms with Gasteiger partial charge in [0, 0.05) is 38.6 Å². The van der Waals surface area contributed by atoms with Gasteiger partial charge in [-0.3, -0.25) is 0 Å². The number of hydrogen-bond donors (Lipinski definition) is 2. The molecule has 3 N–H and O–H groups in total. The summed E-state index contributed by atoms with van der Waals surface area (Å²) in [5.41, 5.74) is 5.47. The maximum absolute atomic E-state index is 12.2. The Bertz CT molecular complexity index is 449. The first-order valence-electron chi connectivity index (χ1n) is 6.20. The van der Waals surface area contributed by atoms with Crippen molar-refractivity contribution in [2.24, 2.45) is 5.73 Å². The second-order valence-electron chi connectivity index (χ2n) is 4.43. The third kappa shape index (κ3) is 2.92. The van der Waals surface area contributed by atoms with Crippen LogP contribution in [-0.2, 0) is 10.0 Å². The molecule has 0 saturated carbocycles. The van der Waals surface area contributed by atoms with Crippen molar-refractivity contribution < 1.29 is 8.42 Å². The molecule has 18 heavy (non-hydrogen) atoms. The Labute approximate surface area is 108 Å². The topological polar surface area (TPSA) is 82.4 Å². The smallest absolute Gasteiger partial charge is 0.244 e. The van der Waals surface area contributed by atoms with Crippen LogP contribution in [-0.4, -0.2) is 61.9 Å². The average Bonchev–Trinajstić information content (AvgIpc) is 2.91. The van der Waals surface area contributed by atoms with Crippen molar-refractivity contribution in [1.29, 1.82) is 0 Å². The summed E-state index contributed by atoms with van der Waals surface area (Å²) in [5.74, 6) is 0. The summed E-state index contributed by atoms with van der Waals surface area (Å²) in [5, 5.41) is 0. The molecule has 1 aliphatic rings. The van der Waals surface area contributed by atoms with E-state index >= 15 is 0 Å². The third-order valence-corrected chi connectivity index (χ3v) is 5.11. The molecule has 2 rings (SSSR count). The van der Waals surface area contributed by atoms with Crippen LogP contribution in [0.15, 0.2) is 23.4 Å². The molecule has 1 aliphatic heterocycles. The van der Waals surface area contributed by atoms with E-state index in [0.29, 0.717) is 24.5 Å². The summed E-state index contributed by atoms with van der Waals surface area (Å²) >= 11 is 0. The van der Waals surface area contributed by atoms with Gasteiger partial charge in [0.15, 0.2) is 0 Å². The highest BCUT2D eigenvalue weighted by molar-refractivity contribution is 7.89. The summed E-state index contributed by atoms with van der Waals surface area (Å²) in [6.07, 6.45) is 4.12. The minimum Gasteiger partial charge on any atom is -0.366 e. The van der Waals surface area contributed by atoms with E-state index in [2.05, 4.69) is 9.88 Å². The quantitative estimate of drug-likeness (QED) is 0.769. The Kier molecular flexibility index (Phi) is 4.39. The van der Waals surface area contributed by atoms with Crippen molar-refractivity contribution in [2.75, 3.05) is 39.3 Å². The Morgan fingerprint density at radius 2 is 2.00 bits per heavy atom. The van der Waals surface area contributed by atoms with Crippen molar-refractivity contribution in [3.63, 3.8) is 0 Å². The Morgan fingerprint density at radius 3 is 2.56 bits per heavy atom. The zero-order chi connectivity index (χ0) is 13.0. The fourth-order valence-electron chi connectivity index (χ4n) is 2.13. The van der Waals surface area contributed by atoms with Crippen molar-refractivity contribution in [3.05, 3.63) is 18.5 Å². The van der Waals surface area contributed by atoms with Crippen molar-refractivity contribution >= 4 is 10.0 Å². The van der Waals surface area contributed by atoms with E-state index in [9.17, 15) is 8.42 Å². The maximum atomic E-state index is 12.2. The number of sulfonamides is 1. The highest BCUT2D eigenvalue weighted by Crippen LogP contribution is 2.16. The number of aromatic amines is 1. The van der Waals surface area contributed by atoms with Gasteiger partial charge in [0.1, 0.15) is 0 Å². The van der Waals surface area contributed by atoms with Crippen LogP contribution < -0.4 is 5.73 Å². The molecule has 1 aromatic rings. The van der Waals surface area contributed by atoms with E-state index < -0.39 is 10.0 Å². The van der Waals surface area contributed by atoms with Crippen LogP contribution in [0.25, 0.3) is 0 Å². The maximum Gasteiger partial charge on any atom is 0.244 e. The van der Waals surface area contributed by atoms with Gasteiger partial charge in [0.05, 0.1) is 4.90 Å². The van der Waals surface area contributed by atoms with Crippen molar-refractivity contribution in [3.8, 4) is 0 Å². The molecule has 1 saturated heterocycles. The van der Waals surface area contributed by atoms with Crippen LogP contribution in [0.4, 0.5) is 0 Å². The number of nitrogens with two attached hydrogens (primary N) is 1. The zero-order valence-corrected chi connectivity index (χ0v) is 11.2. The molecule has 0 unspecified atom stereocenters. The van der Waals surface area contributed by atoms with E-state index in [4.69, 9.17) is 5.73 Å². The molecule has 0 spiro atoms. The first kappa shape index (κ1) is 13.5. The standard InChI is InChI=1S/C11H20N4O2S/c12-3-1-5-14-6-8-15(9-7-14)18(16,17)11-2-4-13-10-11/h2,4,10,13H,1,3,5-9,12H2. The average molecular weight is 272 g/mol. The molecule has 1 aromatic heterocycles. The summed E-state index contributed by atoms with van der Waals surface area (Å²) in [6, 6.07) is 1.59. The van der Waals surface area contributed by atoms with Crippen LogP contribution in [0, 0.1) is 0 Å². The molecule has 0 aliphatic carbocycles. The number of nitrogens with one attached hydrogen (secondary N) is 1. The first-order chi connectivity index (χ1) is 8.64. The molecular weight excluding hydrogens is 252 g/mol. The van der Waals surface area contributed by atoms with Gasteiger partial charge >= 0.3 is 0 Å². The number of H-pyrrole nitrogens is 1. The largest absolute Gasteiger partial charge is 0.366 e. The van der Waals surface area contributed by atoms with Gasteiger partial charge < -0.3 is 15.6 Å². The van der Waals surface area contributed by atoms with Gasteiger partial charge in [-0.2, -0.15) is 4.31 Å². The van der Waals surface area contributed by atoms with Crippen LogP contribution >= 0.6 is 0 Å². The fraction of sp³-hybridized carbons (Fsp3) is 0.636. The van der Waals surface area contributed by atoms with Gasteiger partial charge in [-0.15, -0.1) is 0 Å². The normalized spacial score (nSPS) is 19.2. The second kappa shape index (κ2) is 5.83. The Morgan fingerprint density at radius 1 is 1.28 bits per heavy atom. The lowest BCUT2D eigenvalue weighted by atomic mass is 10.3. The summed E-state index contributed by atoms with van der Waals surface area (Å²) in [6.45, 7) is 4.31.